The molecule has 0 bridgehead atoms. The van der Waals surface area contributed by atoms with Crippen molar-refractivity contribution in [3.8, 4) is 11.5 Å². The van der Waals surface area contributed by atoms with Crippen LogP contribution in [0.4, 0.5) is 11.4 Å². The first-order chi connectivity index (χ1) is 20.1. The van der Waals surface area contributed by atoms with Gasteiger partial charge in [-0.05, 0) is 112 Å². The first kappa shape index (κ1) is 26.4. The summed E-state index contributed by atoms with van der Waals surface area (Å²) in [5, 5.41) is 11.5. The van der Waals surface area contributed by atoms with Gasteiger partial charge in [-0.1, -0.05) is 84.9 Å². The fourth-order valence-corrected chi connectivity index (χ4v) is 5.04. The van der Waals surface area contributed by atoms with Gasteiger partial charge in [-0.25, -0.2) is 0 Å². The second-order valence-corrected chi connectivity index (χ2v) is 10.4. The summed E-state index contributed by atoms with van der Waals surface area (Å²) in [6.45, 7) is 0. The Labute approximate surface area is 249 Å². The van der Waals surface area contributed by atoms with E-state index in [2.05, 4.69) is 59.2 Å². The maximum absolute atomic E-state index is 5.84. The average molecular weight is 571 g/mol. The molecular formula is C35H26N2O2S2. The Kier molecular flexibility index (Phi) is 7.85. The predicted octanol–water partition coefficient (Wildman–Crippen LogP) is 9.14. The van der Waals surface area contributed by atoms with Crippen LogP contribution >= 0.6 is 24.4 Å². The molecule has 0 amide bonds. The van der Waals surface area contributed by atoms with Crippen molar-refractivity contribution in [3.05, 3.63) is 145 Å². The molecule has 41 heavy (non-hydrogen) atoms. The number of nitrogens with one attached hydrogen (secondary N) is 2. The van der Waals surface area contributed by atoms with Crippen LogP contribution in [-0.4, -0.2) is 10.3 Å². The van der Waals surface area contributed by atoms with Crippen molar-refractivity contribution in [2.24, 2.45) is 0 Å². The van der Waals surface area contributed by atoms with E-state index in [1.807, 2.05) is 84.9 Å². The molecule has 0 aliphatic carbocycles. The molecule has 6 rings (SSSR count). The number of rotatable bonds is 6. The maximum Gasteiger partial charge on any atom is 0.266 e. The molecule has 6 heteroatoms. The summed E-state index contributed by atoms with van der Waals surface area (Å²) in [5.41, 5.74) is 4.12. The zero-order valence-corrected chi connectivity index (χ0v) is 23.7. The van der Waals surface area contributed by atoms with E-state index in [1.165, 1.54) is 11.1 Å². The van der Waals surface area contributed by atoms with Crippen molar-refractivity contribution in [2.45, 2.75) is 6.42 Å². The summed E-state index contributed by atoms with van der Waals surface area (Å²) < 4.78 is 11.7. The third-order valence-corrected chi connectivity index (χ3v) is 7.04. The van der Waals surface area contributed by atoms with Gasteiger partial charge in [0, 0.05) is 11.4 Å². The molecule has 0 radical (unpaired) electrons. The normalized spacial score (nSPS) is 10.7. The van der Waals surface area contributed by atoms with Gasteiger partial charge in [-0.3, -0.25) is 0 Å². The van der Waals surface area contributed by atoms with Crippen LogP contribution in [0.25, 0.3) is 21.5 Å². The maximum atomic E-state index is 5.84. The van der Waals surface area contributed by atoms with E-state index in [1.54, 1.807) is 0 Å². The van der Waals surface area contributed by atoms with E-state index in [-0.39, 0.29) is 0 Å². The summed E-state index contributed by atoms with van der Waals surface area (Å²) in [4.78, 5) is 0. The Morgan fingerprint density at radius 3 is 1.27 bits per heavy atom. The highest BCUT2D eigenvalue weighted by atomic mass is 32.1. The number of anilines is 2. The van der Waals surface area contributed by atoms with Crippen molar-refractivity contribution in [2.75, 3.05) is 10.6 Å². The van der Waals surface area contributed by atoms with Crippen molar-refractivity contribution in [1.29, 1.82) is 0 Å². The number of fused-ring (bicyclic) bond motifs is 2. The summed E-state index contributed by atoms with van der Waals surface area (Å²) in [6.07, 6.45) is 0.802. The van der Waals surface area contributed by atoms with Crippen molar-refractivity contribution in [1.82, 2.24) is 0 Å². The van der Waals surface area contributed by atoms with E-state index in [0.717, 1.165) is 39.3 Å². The molecule has 0 heterocycles. The van der Waals surface area contributed by atoms with Gasteiger partial charge in [0.15, 0.2) is 0 Å². The standard InChI is InChI=1S/C35H26N2O2S2/c40-34(38-32-19-13-26-5-1-3-7-28(26)22-32)36-30-15-9-24(10-16-30)21-25-11-17-31(18-12-25)37-35(41)39-33-20-14-27-6-2-4-8-29(27)23-33/h1-20,22-23H,21H2,(H,36,40)(H,37,41). The molecule has 0 saturated carbocycles. The SMILES string of the molecule is S=C(Nc1ccc(Cc2ccc(NC(=S)Oc3ccc4ccccc4c3)cc2)cc1)Oc1ccc2ccccc2c1. The minimum absolute atomic E-state index is 0.304. The van der Waals surface area contributed by atoms with Gasteiger partial charge in [0.1, 0.15) is 11.5 Å². The van der Waals surface area contributed by atoms with E-state index < -0.39 is 0 Å². The minimum Gasteiger partial charge on any atom is -0.432 e. The van der Waals surface area contributed by atoms with Crippen molar-refractivity contribution in [3.63, 3.8) is 0 Å². The van der Waals surface area contributed by atoms with E-state index in [4.69, 9.17) is 33.9 Å². The molecule has 0 saturated heterocycles. The quantitative estimate of drug-likeness (QED) is 0.195. The van der Waals surface area contributed by atoms with Crippen LogP contribution < -0.4 is 20.1 Å². The molecular weight excluding hydrogens is 545 g/mol. The topological polar surface area (TPSA) is 42.5 Å². The highest BCUT2D eigenvalue weighted by molar-refractivity contribution is 7.80. The molecule has 4 nitrogen and oxygen atoms in total. The van der Waals surface area contributed by atoms with Gasteiger partial charge >= 0.3 is 0 Å². The van der Waals surface area contributed by atoms with Crippen LogP contribution in [0, 0.1) is 0 Å². The van der Waals surface area contributed by atoms with Gasteiger partial charge in [0.2, 0.25) is 0 Å². The molecule has 0 spiro atoms. The Hall–Kier alpha value is -4.78. The molecule has 0 aliphatic rings. The largest absolute Gasteiger partial charge is 0.432 e. The monoisotopic (exact) mass is 570 g/mol. The first-order valence-corrected chi connectivity index (χ1v) is 14.0. The fourth-order valence-electron chi connectivity index (χ4n) is 4.61. The Morgan fingerprint density at radius 1 is 0.463 bits per heavy atom. The van der Waals surface area contributed by atoms with Crippen LogP contribution in [0.5, 0.6) is 11.5 Å². The molecule has 0 fully saturated rings. The van der Waals surface area contributed by atoms with Crippen LogP contribution in [0.2, 0.25) is 0 Å². The van der Waals surface area contributed by atoms with Crippen molar-refractivity contribution < 1.29 is 9.47 Å². The summed E-state index contributed by atoms with van der Waals surface area (Å²) in [5.74, 6) is 1.41. The lowest BCUT2D eigenvalue weighted by Gasteiger charge is -2.12. The molecule has 6 aromatic carbocycles. The summed E-state index contributed by atoms with van der Waals surface area (Å²) in [7, 11) is 0. The van der Waals surface area contributed by atoms with Crippen LogP contribution in [-0.2, 0) is 6.42 Å². The predicted molar refractivity (Wildman–Crippen MR) is 177 cm³/mol. The number of thiocarbonyl (C=S) groups is 2. The average Bonchev–Trinajstić information content (AvgIpc) is 2.99. The Bertz CT molecular complexity index is 1710. The highest BCUT2D eigenvalue weighted by Crippen LogP contribution is 2.23. The van der Waals surface area contributed by atoms with Crippen molar-refractivity contribution >= 4 is 67.7 Å². The van der Waals surface area contributed by atoms with Crippen LogP contribution in [0.3, 0.4) is 0 Å². The molecule has 0 unspecified atom stereocenters. The Morgan fingerprint density at radius 2 is 0.854 bits per heavy atom. The highest BCUT2D eigenvalue weighted by Gasteiger charge is 2.06. The molecule has 2 N–H and O–H groups in total. The summed E-state index contributed by atoms with van der Waals surface area (Å²) >= 11 is 10.8. The zero-order chi connectivity index (χ0) is 28.0. The van der Waals surface area contributed by atoms with Gasteiger partial charge in [-0.2, -0.15) is 0 Å². The number of hydrogen-bond donors (Lipinski definition) is 2. The lowest BCUT2D eigenvalue weighted by molar-refractivity contribution is 0.564. The zero-order valence-electron chi connectivity index (χ0n) is 22.0. The molecule has 0 aromatic heterocycles. The third-order valence-electron chi connectivity index (χ3n) is 6.67. The fraction of sp³-hybridized carbons (Fsp3) is 0.0286. The first-order valence-electron chi connectivity index (χ1n) is 13.2. The van der Waals surface area contributed by atoms with E-state index >= 15 is 0 Å². The molecule has 0 aliphatic heterocycles. The Balaban J connectivity index is 0.999. The van der Waals surface area contributed by atoms with Crippen LogP contribution in [0.1, 0.15) is 11.1 Å². The second kappa shape index (κ2) is 12.2. The second-order valence-electron chi connectivity index (χ2n) is 9.62. The van der Waals surface area contributed by atoms with E-state index in [0.29, 0.717) is 21.8 Å². The number of ether oxygens (including phenoxy) is 2. The van der Waals surface area contributed by atoms with Gasteiger partial charge in [-0.15, -0.1) is 0 Å². The molecule has 200 valence electrons. The molecule has 0 atom stereocenters. The van der Waals surface area contributed by atoms with Gasteiger partial charge < -0.3 is 20.1 Å². The van der Waals surface area contributed by atoms with Gasteiger partial charge in [0.05, 0.1) is 0 Å². The molecule has 6 aromatic rings. The third kappa shape index (κ3) is 6.87. The lowest BCUT2D eigenvalue weighted by atomic mass is 10.0. The summed E-state index contributed by atoms with van der Waals surface area (Å²) in [6, 6.07) is 44.5. The number of benzene rings is 6. The van der Waals surface area contributed by atoms with Gasteiger partial charge in [0.25, 0.3) is 10.3 Å². The van der Waals surface area contributed by atoms with Crippen LogP contribution in [0.15, 0.2) is 133 Å². The minimum atomic E-state index is 0.304. The number of hydrogen-bond acceptors (Lipinski definition) is 4. The lowest BCUT2D eigenvalue weighted by Crippen LogP contribution is -2.16. The smallest absolute Gasteiger partial charge is 0.266 e. The van der Waals surface area contributed by atoms with E-state index in [9.17, 15) is 0 Å².